The lowest BCUT2D eigenvalue weighted by Crippen LogP contribution is -2.25. The molecule has 3 nitrogen and oxygen atoms in total. The molecule has 0 bridgehead atoms. The second-order valence-electron chi connectivity index (χ2n) is 6.77. The topological polar surface area (TPSA) is 29.5 Å². The number of carbonyl (C=O) groups is 1. The van der Waals surface area contributed by atoms with Gasteiger partial charge in [0.15, 0.2) is 0 Å². The Bertz CT molecular complexity index is 776. The fourth-order valence-corrected chi connectivity index (χ4v) is 3.63. The van der Waals surface area contributed by atoms with Gasteiger partial charge in [-0.15, -0.1) is 0 Å². The van der Waals surface area contributed by atoms with Crippen LogP contribution in [0, 0.1) is 5.92 Å². The number of nitrogens with zero attached hydrogens (tertiary/aromatic N) is 1. The van der Waals surface area contributed by atoms with Gasteiger partial charge in [0.2, 0.25) is 0 Å². The van der Waals surface area contributed by atoms with Gasteiger partial charge in [0.05, 0.1) is 18.1 Å². The molecular formula is C21H22F3NO2. The zero-order valence-corrected chi connectivity index (χ0v) is 15.1. The number of benzene rings is 2. The van der Waals surface area contributed by atoms with Gasteiger partial charge in [-0.1, -0.05) is 48.5 Å². The molecule has 0 saturated carbocycles. The van der Waals surface area contributed by atoms with Crippen LogP contribution >= 0.6 is 0 Å². The van der Waals surface area contributed by atoms with E-state index in [1.807, 2.05) is 30.3 Å². The molecule has 1 aliphatic rings. The highest BCUT2D eigenvalue weighted by atomic mass is 19.4. The Kier molecular flexibility index (Phi) is 5.85. The first kappa shape index (κ1) is 19.4. The highest BCUT2D eigenvalue weighted by Gasteiger charge is 2.40. The summed E-state index contributed by atoms with van der Waals surface area (Å²) in [4.78, 5) is 14.5. The molecule has 0 unspecified atom stereocenters. The molecule has 0 amide bonds. The fraction of sp³-hybridized carbons (Fsp3) is 0.381. The van der Waals surface area contributed by atoms with Crippen LogP contribution in [0.2, 0.25) is 0 Å². The number of esters is 1. The van der Waals surface area contributed by atoms with Crippen molar-refractivity contribution >= 4 is 5.97 Å². The van der Waals surface area contributed by atoms with Gasteiger partial charge < -0.3 is 4.74 Å². The van der Waals surface area contributed by atoms with Crippen molar-refractivity contribution in [3.8, 4) is 0 Å². The average molecular weight is 377 g/mol. The Labute approximate surface area is 156 Å². The number of alkyl halides is 3. The lowest BCUT2D eigenvalue weighted by Gasteiger charge is -2.18. The molecule has 6 heteroatoms. The third-order valence-electron chi connectivity index (χ3n) is 4.88. The predicted molar refractivity (Wildman–Crippen MR) is 96.0 cm³/mol. The maximum absolute atomic E-state index is 13.1. The summed E-state index contributed by atoms with van der Waals surface area (Å²) in [6.07, 6.45) is -4.40. The monoisotopic (exact) mass is 377 g/mol. The van der Waals surface area contributed by atoms with Gasteiger partial charge in [-0.25, -0.2) is 0 Å². The van der Waals surface area contributed by atoms with Gasteiger partial charge in [0, 0.05) is 25.6 Å². The summed E-state index contributed by atoms with van der Waals surface area (Å²) < 4.78 is 44.5. The van der Waals surface area contributed by atoms with E-state index in [4.69, 9.17) is 4.74 Å². The van der Waals surface area contributed by atoms with Crippen molar-refractivity contribution in [1.29, 1.82) is 0 Å². The van der Waals surface area contributed by atoms with Crippen LogP contribution in [0.4, 0.5) is 13.2 Å². The normalized spacial score (nSPS) is 20.6. The Morgan fingerprint density at radius 1 is 1.11 bits per heavy atom. The zero-order valence-electron chi connectivity index (χ0n) is 15.1. The molecule has 27 heavy (non-hydrogen) atoms. The molecule has 2 aromatic rings. The third kappa shape index (κ3) is 4.69. The molecular weight excluding hydrogens is 355 g/mol. The van der Waals surface area contributed by atoms with Crippen molar-refractivity contribution in [3.05, 3.63) is 71.3 Å². The summed E-state index contributed by atoms with van der Waals surface area (Å²) in [6, 6.07) is 15.1. The maximum Gasteiger partial charge on any atom is 0.416 e. The second-order valence-corrected chi connectivity index (χ2v) is 6.77. The minimum Gasteiger partial charge on any atom is -0.466 e. The number of likely N-dealkylation sites (tertiary alicyclic amines) is 1. The molecule has 0 radical (unpaired) electrons. The largest absolute Gasteiger partial charge is 0.466 e. The average Bonchev–Trinajstić information content (AvgIpc) is 3.06. The summed E-state index contributed by atoms with van der Waals surface area (Å²) in [5, 5.41) is 0. The first-order valence-corrected chi connectivity index (χ1v) is 8.98. The second kappa shape index (κ2) is 8.13. The minimum atomic E-state index is -4.40. The Morgan fingerprint density at radius 2 is 1.85 bits per heavy atom. The SMILES string of the molecule is CCOC(=O)[C@H]1CN(Cc2ccccc2)C[C@@H]1c1cccc(C(F)(F)F)c1. The van der Waals surface area contributed by atoms with Crippen molar-refractivity contribution in [1.82, 2.24) is 4.90 Å². The van der Waals surface area contributed by atoms with E-state index in [1.165, 1.54) is 6.07 Å². The lowest BCUT2D eigenvalue weighted by atomic mass is 9.88. The molecule has 1 saturated heterocycles. The summed E-state index contributed by atoms with van der Waals surface area (Å²) >= 11 is 0. The maximum atomic E-state index is 13.1. The Balaban J connectivity index is 1.85. The van der Waals surface area contributed by atoms with Crippen LogP contribution in [0.3, 0.4) is 0 Å². The van der Waals surface area contributed by atoms with E-state index >= 15 is 0 Å². The van der Waals surface area contributed by atoms with Gasteiger partial charge in [0.25, 0.3) is 0 Å². The van der Waals surface area contributed by atoms with Crippen molar-refractivity contribution in [3.63, 3.8) is 0 Å². The van der Waals surface area contributed by atoms with Gasteiger partial charge in [-0.3, -0.25) is 9.69 Å². The number of carbonyl (C=O) groups excluding carboxylic acids is 1. The van der Waals surface area contributed by atoms with Gasteiger partial charge in [-0.05, 0) is 24.1 Å². The highest BCUT2D eigenvalue weighted by molar-refractivity contribution is 5.74. The van der Waals surface area contributed by atoms with E-state index in [0.29, 0.717) is 25.2 Å². The molecule has 1 fully saturated rings. The zero-order chi connectivity index (χ0) is 19.4. The van der Waals surface area contributed by atoms with E-state index in [0.717, 1.165) is 17.7 Å². The summed E-state index contributed by atoms with van der Waals surface area (Å²) in [5.74, 6) is -1.15. The van der Waals surface area contributed by atoms with E-state index < -0.39 is 17.7 Å². The summed E-state index contributed by atoms with van der Waals surface area (Å²) in [7, 11) is 0. The van der Waals surface area contributed by atoms with Crippen LogP contribution < -0.4 is 0 Å². The Hall–Kier alpha value is -2.34. The van der Waals surface area contributed by atoms with Gasteiger partial charge in [-0.2, -0.15) is 13.2 Å². The molecule has 2 atom stereocenters. The van der Waals surface area contributed by atoms with Crippen molar-refractivity contribution in [2.24, 2.45) is 5.92 Å². The smallest absolute Gasteiger partial charge is 0.416 e. The van der Waals surface area contributed by atoms with E-state index in [9.17, 15) is 18.0 Å². The quantitative estimate of drug-likeness (QED) is 0.720. The highest BCUT2D eigenvalue weighted by Crippen LogP contribution is 2.37. The first-order chi connectivity index (χ1) is 12.9. The molecule has 3 rings (SSSR count). The van der Waals surface area contributed by atoms with Gasteiger partial charge >= 0.3 is 12.1 Å². The number of rotatable bonds is 5. The van der Waals surface area contributed by atoms with E-state index in [-0.39, 0.29) is 18.5 Å². The molecule has 0 spiro atoms. The summed E-state index contributed by atoms with van der Waals surface area (Å²) in [6.45, 7) is 3.61. The molecule has 0 aromatic heterocycles. The van der Waals surface area contributed by atoms with Crippen molar-refractivity contribution < 1.29 is 22.7 Å². The van der Waals surface area contributed by atoms with Crippen LogP contribution in [-0.4, -0.2) is 30.6 Å². The van der Waals surface area contributed by atoms with Crippen LogP contribution in [-0.2, 0) is 22.3 Å². The number of hydrogen-bond acceptors (Lipinski definition) is 3. The minimum absolute atomic E-state index is 0.253. The van der Waals surface area contributed by atoms with Crippen LogP contribution in [0.1, 0.15) is 29.5 Å². The molecule has 1 aliphatic heterocycles. The molecule has 1 heterocycles. The lowest BCUT2D eigenvalue weighted by molar-refractivity contribution is -0.148. The van der Waals surface area contributed by atoms with Crippen molar-refractivity contribution in [2.75, 3.05) is 19.7 Å². The standard InChI is InChI=1S/C21H22F3NO2/c1-2-27-20(26)19-14-25(12-15-7-4-3-5-8-15)13-18(19)16-9-6-10-17(11-16)21(22,23)24/h3-11,18-19H,2,12-14H2,1H3/t18-,19+/m1/s1. The third-order valence-corrected chi connectivity index (χ3v) is 4.88. The van der Waals surface area contributed by atoms with Gasteiger partial charge in [0.1, 0.15) is 0 Å². The Morgan fingerprint density at radius 3 is 2.52 bits per heavy atom. The summed E-state index contributed by atoms with van der Waals surface area (Å²) in [5.41, 5.74) is 0.937. The molecule has 0 N–H and O–H groups in total. The fourth-order valence-electron chi connectivity index (χ4n) is 3.63. The number of ether oxygens (including phenoxy) is 1. The number of hydrogen-bond donors (Lipinski definition) is 0. The first-order valence-electron chi connectivity index (χ1n) is 8.98. The van der Waals surface area contributed by atoms with E-state index in [2.05, 4.69) is 4.90 Å². The molecule has 144 valence electrons. The van der Waals surface area contributed by atoms with Crippen LogP contribution in [0.25, 0.3) is 0 Å². The molecule has 2 aromatic carbocycles. The molecule has 0 aliphatic carbocycles. The van der Waals surface area contributed by atoms with E-state index in [1.54, 1.807) is 13.0 Å². The predicted octanol–water partition coefficient (Wildman–Crippen LogP) is 4.48. The van der Waals surface area contributed by atoms with Crippen LogP contribution in [0.15, 0.2) is 54.6 Å². The van der Waals surface area contributed by atoms with Crippen LogP contribution in [0.5, 0.6) is 0 Å². The number of halogens is 3. The van der Waals surface area contributed by atoms with Crippen molar-refractivity contribution in [2.45, 2.75) is 25.6 Å².